The Morgan fingerprint density at radius 2 is 1.93 bits per heavy atom. The summed E-state index contributed by atoms with van der Waals surface area (Å²) in [5, 5.41) is 9.44. The van der Waals surface area contributed by atoms with Crippen molar-refractivity contribution in [3.63, 3.8) is 0 Å². The maximum atomic E-state index is 12.3. The number of nitrogens with zero attached hydrogens (tertiary/aromatic N) is 4. The van der Waals surface area contributed by atoms with Gasteiger partial charge in [-0.3, -0.25) is 4.79 Å². The highest BCUT2D eigenvalue weighted by Crippen LogP contribution is 2.27. The van der Waals surface area contributed by atoms with Gasteiger partial charge < -0.3 is 5.32 Å². The second-order valence-electron chi connectivity index (χ2n) is 5.77. The number of carbonyl (C=O) groups excluding carboxylic acids is 1. The zero-order valence-electron chi connectivity index (χ0n) is 14.3. The van der Waals surface area contributed by atoms with Crippen molar-refractivity contribution in [2.75, 3.05) is 11.1 Å². The summed E-state index contributed by atoms with van der Waals surface area (Å²) in [4.78, 5) is 21.0. The second kappa shape index (κ2) is 8.30. The van der Waals surface area contributed by atoms with Crippen LogP contribution in [0.25, 0.3) is 16.7 Å². The van der Waals surface area contributed by atoms with Crippen LogP contribution in [0.5, 0.6) is 0 Å². The lowest BCUT2D eigenvalue weighted by Gasteiger charge is -2.07. The van der Waals surface area contributed by atoms with E-state index in [2.05, 4.69) is 36.3 Å². The van der Waals surface area contributed by atoms with Gasteiger partial charge in [-0.25, -0.2) is 14.6 Å². The van der Waals surface area contributed by atoms with E-state index in [4.69, 9.17) is 11.6 Å². The summed E-state index contributed by atoms with van der Waals surface area (Å²) in [6.07, 6.45) is 3.18. The topological polar surface area (TPSA) is 72.7 Å². The Morgan fingerprint density at radius 3 is 2.71 bits per heavy atom. The van der Waals surface area contributed by atoms with Crippen molar-refractivity contribution < 1.29 is 4.79 Å². The standard InChI is InChI=1S/C19H13BrClN5OS/c20-15-3-1-2-4-16(15)25-17(27)10-28-19-14-9-24-26(18(14)22-11-23-19)13-7-5-12(21)6-8-13/h1-9,11H,10H2,(H,25,27). The SMILES string of the molecule is O=C(CSc1ncnc2c1cnn2-c1ccc(Cl)cc1)Nc1ccccc1Br. The lowest BCUT2D eigenvalue weighted by atomic mass is 10.3. The Bertz CT molecular complexity index is 1150. The normalized spacial score (nSPS) is 10.9. The number of carbonyl (C=O) groups is 1. The number of para-hydroxylation sites is 1. The fraction of sp³-hybridized carbons (Fsp3) is 0.0526. The highest BCUT2D eigenvalue weighted by molar-refractivity contribution is 9.10. The van der Waals surface area contributed by atoms with Crippen LogP contribution in [0.1, 0.15) is 0 Å². The van der Waals surface area contributed by atoms with E-state index in [1.807, 2.05) is 36.4 Å². The van der Waals surface area contributed by atoms with E-state index < -0.39 is 0 Å². The Kier molecular flexibility index (Phi) is 5.61. The molecule has 0 radical (unpaired) electrons. The van der Waals surface area contributed by atoms with Crippen molar-refractivity contribution in [1.82, 2.24) is 19.7 Å². The zero-order chi connectivity index (χ0) is 19.5. The van der Waals surface area contributed by atoms with Crippen molar-refractivity contribution >= 4 is 61.9 Å². The lowest BCUT2D eigenvalue weighted by Crippen LogP contribution is -2.14. The Balaban J connectivity index is 1.52. The molecule has 0 saturated carbocycles. The molecule has 0 atom stereocenters. The number of nitrogens with one attached hydrogen (secondary N) is 1. The first-order valence-corrected chi connectivity index (χ1v) is 10.4. The average Bonchev–Trinajstić information content (AvgIpc) is 3.13. The number of fused-ring (bicyclic) bond motifs is 1. The van der Waals surface area contributed by atoms with Crippen LogP contribution < -0.4 is 5.32 Å². The van der Waals surface area contributed by atoms with Gasteiger partial charge in [-0.15, -0.1) is 0 Å². The van der Waals surface area contributed by atoms with Crippen LogP contribution in [0.15, 0.2) is 70.6 Å². The van der Waals surface area contributed by atoms with Crippen molar-refractivity contribution in [2.45, 2.75) is 5.03 Å². The number of benzene rings is 2. The van der Waals surface area contributed by atoms with Gasteiger partial charge in [0.05, 0.1) is 28.7 Å². The van der Waals surface area contributed by atoms with E-state index in [-0.39, 0.29) is 11.7 Å². The molecule has 0 unspecified atom stereocenters. The van der Waals surface area contributed by atoms with Gasteiger partial charge in [0, 0.05) is 9.50 Å². The minimum Gasteiger partial charge on any atom is -0.324 e. The first-order chi connectivity index (χ1) is 13.6. The fourth-order valence-corrected chi connectivity index (χ4v) is 3.86. The lowest BCUT2D eigenvalue weighted by molar-refractivity contribution is -0.113. The van der Waals surface area contributed by atoms with Crippen molar-refractivity contribution in [3.8, 4) is 5.69 Å². The van der Waals surface area contributed by atoms with Crippen molar-refractivity contribution in [3.05, 3.63) is 70.6 Å². The molecule has 0 aliphatic carbocycles. The number of aromatic nitrogens is 4. The maximum Gasteiger partial charge on any atom is 0.234 e. The Morgan fingerprint density at radius 1 is 1.14 bits per heavy atom. The molecular formula is C19H13BrClN5OS. The largest absolute Gasteiger partial charge is 0.324 e. The Hall–Kier alpha value is -2.42. The molecule has 140 valence electrons. The summed E-state index contributed by atoms with van der Waals surface area (Å²) < 4.78 is 2.56. The van der Waals surface area contributed by atoms with E-state index >= 15 is 0 Å². The third-order valence-electron chi connectivity index (χ3n) is 3.89. The van der Waals surface area contributed by atoms with Gasteiger partial charge in [0.2, 0.25) is 5.91 Å². The Labute approximate surface area is 178 Å². The molecule has 0 saturated heterocycles. The quantitative estimate of drug-likeness (QED) is 0.327. The van der Waals surface area contributed by atoms with E-state index in [0.717, 1.165) is 21.2 Å². The molecule has 28 heavy (non-hydrogen) atoms. The molecule has 0 bridgehead atoms. The van der Waals surface area contributed by atoms with Gasteiger partial charge in [-0.2, -0.15) is 5.10 Å². The van der Waals surface area contributed by atoms with Crippen molar-refractivity contribution in [2.24, 2.45) is 0 Å². The predicted octanol–water partition coefficient (Wildman–Crippen LogP) is 4.96. The highest BCUT2D eigenvalue weighted by Gasteiger charge is 2.13. The molecule has 9 heteroatoms. The van der Waals surface area contributed by atoms with E-state index in [1.165, 1.54) is 18.1 Å². The average molecular weight is 475 g/mol. The molecule has 2 aromatic carbocycles. The third-order valence-corrected chi connectivity index (χ3v) is 5.84. The molecule has 1 N–H and O–H groups in total. The monoisotopic (exact) mass is 473 g/mol. The van der Waals surface area contributed by atoms with Crippen LogP contribution in [0.2, 0.25) is 5.02 Å². The molecular weight excluding hydrogens is 462 g/mol. The second-order valence-corrected chi connectivity index (χ2v) is 8.02. The highest BCUT2D eigenvalue weighted by atomic mass is 79.9. The van der Waals surface area contributed by atoms with Crippen LogP contribution >= 0.6 is 39.3 Å². The van der Waals surface area contributed by atoms with Crippen LogP contribution in [0.4, 0.5) is 5.69 Å². The maximum absolute atomic E-state index is 12.3. The third kappa shape index (κ3) is 4.04. The van der Waals surface area contributed by atoms with Crippen LogP contribution in [0.3, 0.4) is 0 Å². The summed E-state index contributed by atoms with van der Waals surface area (Å²) >= 11 is 10.7. The first kappa shape index (κ1) is 18.9. The summed E-state index contributed by atoms with van der Waals surface area (Å²) in [5.41, 5.74) is 2.25. The summed E-state index contributed by atoms with van der Waals surface area (Å²) in [7, 11) is 0. The number of rotatable bonds is 5. The minimum absolute atomic E-state index is 0.117. The molecule has 0 fully saturated rings. The number of hydrogen-bond acceptors (Lipinski definition) is 5. The van der Waals surface area contributed by atoms with Gasteiger partial charge in [0.1, 0.15) is 11.4 Å². The molecule has 2 aromatic heterocycles. The first-order valence-electron chi connectivity index (χ1n) is 8.23. The van der Waals surface area contributed by atoms with Gasteiger partial charge in [-0.1, -0.05) is 35.5 Å². The number of halogens is 2. The van der Waals surface area contributed by atoms with Gasteiger partial charge >= 0.3 is 0 Å². The summed E-state index contributed by atoms with van der Waals surface area (Å²) in [5.74, 6) is 0.105. The van der Waals surface area contributed by atoms with E-state index in [0.29, 0.717) is 15.7 Å². The van der Waals surface area contributed by atoms with Crippen LogP contribution in [-0.2, 0) is 4.79 Å². The zero-order valence-corrected chi connectivity index (χ0v) is 17.5. The van der Waals surface area contributed by atoms with Gasteiger partial charge in [0.15, 0.2) is 5.65 Å². The summed E-state index contributed by atoms with van der Waals surface area (Å²) in [6.45, 7) is 0. The summed E-state index contributed by atoms with van der Waals surface area (Å²) in [6, 6.07) is 14.8. The molecule has 0 aliphatic rings. The molecule has 6 nitrogen and oxygen atoms in total. The number of hydrogen-bond donors (Lipinski definition) is 1. The number of thioether (sulfide) groups is 1. The number of amides is 1. The predicted molar refractivity (Wildman–Crippen MR) is 115 cm³/mol. The van der Waals surface area contributed by atoms with Gasteiger partial charge in [0.25, 0.3) is 0 Å². The molecule has 4 rings (SSSR count). The minimum atomic E-state index is -0.117. The smallest absolute Gasteiger partial charge is 0.234 e. The van der Waals surface area contributed by atoms with Crippen LogP contribution in [0, 0.1) is 0 Å². The molecule has 4 aromatic rings. The van der Waals surface area contributed by atoms with Crippen molar-refractivity contribution in [1.29, 1.82) is 0 Å². The molecule has 0 aliphatic heterocycles. The molecule has 2 heterocycles. The number of anilines is 1. The van der Waals surface area contributed by atoms with Crippen LogP contribution in [-0.4, -0.2) is 31.4 Å². The van der Waals surface area contributed by atoms with Gasteiger partial charge in [-0.05, 0) is 52.3 Å². The molecule has 1 amide bonds. The van der Waals surface area contributed by atoms with E-state index in [9.17, 15) is 4.79 Å². The fourth-order valence-electron chi connectivity index (χ4n) is 2.59. The molecule has 0 spiro atoms. The van der Waals surface area contributed by atoms with E-state index in [1.54, 1.807) is 23.0 Å².